The summed E-state index contributed by atoms with van der Waals surface area (Å²) < 4.78 is 5.87. The maximum atomic E-state index is 12.8. The van der Waals surface area contributed by atoms with Crippen LogP contribution in [0.1, 0.15) is 51.3 Å². The Bertz CT molecular complexity index is 831. The Kier molecular flexibility index (Phi) is 3.87. The molecule has 23 heavy (non-hydrogen) atoms. The van der Waals surface area contributed by atoms with Crippen LogP contribution in [-0.4, -0.2) is 17.7 Å². The second kappa shape index (κ2) is 5.84. The van der Waals surface area contributed by atoms with Crippen LogP contribution in [0, 0.1) is 6.92 Å². The van der Waals surface area contributed by atoms with Crippen LogP contribution < -0.4 is 4.74 Å². The monoisotopic (exact) mass is 306 g/mol. The molecular formula is C20H18O3. The lowest BCUT2D eigenvalue weighted by atomic mass is 9.82. The van der Waals surface area contributed by atoms with E-state index in [4.69, 9.17) is 4.74 Å². The van der Waals surface area contributed by atoms with Gasteiger partial charge in [0.15, 0.2) is 11.6 Å². The quantitative estimate of drug-likeness (QED) is 0.684. The highest BCUT2D eigenvalue weighted by atomic mass is 16.5. The van der Waals surface area contributed by atoms with Gasteiger partial charge in [0, 0.05) is 27.8 Å². The number of rotatable bonds is 3. The van der Waals surface area contributed by atoms with E-state index in [1.807, 2.05) is 32.9 Å². The van der Waals surface area contributed by atoms with Gasteiger partial charge in [-0.1, -0.05) is 30.3 Å². The van der Waals surface area contributed by atoms with Crippen LogP contribution in [0.4, 0.5) is 0 Å². The second-order valence-electron chi connectivity index (χ2n) is 5.66. The molecule has 1 aliphatic carbocycles. The summed E-state index contributed by atoms with van der Waals surface area (Å²) in [6.07, 6.45) is 3.75. The first-order valence-electron chi connectivity index (χ1n) is 7.66. The SMILES string of the molecule is C/C=C/C(C)Oc1ccc2c(c1C)C(=O)c1ccccc1C2=O. The first kappa shape index (κ1) is 15.2. The van der Waals surface area contributed by atoms with Crippen molar-refractivity contribution in [3.63, 3.8) is 0 Å². The first-order chi connectivity index (χ1) is 11.0. The highest BCUT2D eigenvalue weighted by Gasteiger charge is 2.31. The zero-order chi connectivity index (χ0) is 16.6. The van der Waals surface area contributed by atoms with Gasteiger partial charge in [-0.05, 0) is 39.0 Å². The molecule has 2 aromatic carbocycles. The van der Waals surface area contributed by atoms with Gasteiger partial charge in [0.05, 0.1) is 0 Å². The minimum Gasteiger partial charge on any atom is -0.486 e. The lowest BCUT2D eigenvalue weighted by molar-refractivity contribution is 0.0978. The van der Waals surface area contributed by atoms with E-state index < -0.39 is 0 Å². The molecule has 0 radical (unpaired) electrons. The Morgan fingerprint density at radius 1 is 0.957 bits per heavy atom. The van der Waals surface area contributed by atoms with Gasteiger partial charge in [-0.15, -0.1) is 0 Å². The smallest absolute Gasteiger partial charge is 0.194 e. The van der Waals surface area contributed by atoms with Crippen LogP contribution in [0.2, 0.25) is 0 Å². The number of carbonyl (C=O) groups is 2. The summed E-state index contributed by atoms with van der Waals surface area (Å²) in [5, 5.41) is 0. The van der Waals surface area contributed by atoms with Gasteiger partial charge in [-0.2, -0.15) is 0 Å². The molecule has 0 fully saturated rings. The number of allylic oxidation sites excluding steroid dienone is 1. The second-order valence-corrected chi connectivity index (χ2v) is 5.66. The fraction of sp³-hybridized carbons (Fsp3) is 0.200. The normalized spacial score (nSPS) is 14.6. The predicted molar refractivity (Wildman–Crippen MR) is 89.4 cm³/mol. The molecule has 0 N–H and O–H groups in total. The number of benzene rings is 2. The van der Waals surface area contributed by atoms with Crippen LogP contribution in [0.25, 0.3) is 0 Å². The fourth-order valence-corrected chi connectivity index (χ4v) is 2.97. The zero-order valence-corrected chi connectivity index (χ0v) is 13.4. The highest BCUT2D eigenvalue weighted by molar-refractivity contribution is 6.29. The molecule has 0 bridgehead atoms. The van der Waals surface area contributed by atoms with Crippen molar-refractivity contribution in [3.05, 3.63) is 76.4 Å². The third-order valence-electron chi connectivity index (χ3n) is 4.08. The molecule has 3 heteroatoms. The summed E-state index contributed by atoms with van der Waals surface area (Å²) in [5.74, 6) is 0.415. The number of hydrogen-bond acceptors (Lipinski definition) is 3. The van der Waals surface area contributed by atoms with E-state index in [-0.39, 0.29) is 17.7 Å². The van der Waals surface area contributed by atoms with Gasteiger partial charge in [0.25, 0.3) is 0 Å². The summed E-state index contributed by atoms with van der Waals surface area (Å²) in [6, 6.07) is 10.4. The molecule has 0 aliphatic heterocycles. The topological polar surface area (TPSA) is 43.4 Å². The number of carbonyl (C=O) groups excluding carboxylic acids is 2. The van der Waals surface area contributed by atoms with Crippen LogP contribution in [0.3, 0.4) is 0 Å². The van der Waals surface area contributed by atoms with Crippen molar-refractivity contribution >= 4 is 11.6 Å². The Labute approximate surface area is 135 Å². The molecule has 1 aliphatic rings. The van der Waals surface area contributed by atoms with Gasteiger partial charge in [-0.25, -0.2) is 0 Å². The van der Waals surface area contributed by atoms with Gasteiger partial charge in [0.1, 0.15) is 11.9 Å². The number of ether oxygens (including phenoxy) is 1. The molecule has 1 atom stereocenters. The molecule has 0 spiro atoms. The molecule has 116 valence electrons. The maximum Gasteiger partial charge on any atom is 0.194 e. The largest absolute Gasteiger partial charge is 0.486 e. The number of fused-ring (bicyclic) bond motifs is 2. The molecule has 0 aromatic heterocycles. The standard InChI is InChI=1S/C20H18O3/c1-4-7-12(2)23-17-11-10-16-18(13(17)3)20(22)15-9-6-5-8-14(15)19(16)21/h4-12H,1-3H3/b7-4+. The van der Waals surface area contributed by atoms with E-state index in [1.54, 1.807) is 36.4 Å². The minimum absolute atomic E-state index is 0.0987. The van der Waals surface area contributed by atoms with Gasteiger partial charge in [0.2, 0.25) is 0 Å². The molecule has 2 aromatic rings. The van der Waals surface area contributed by atoms with Crippen molar-refractivity contribution in [2.75, 3.05) is 0 Å². The van der Waals surface area contributed by atoms with Crippen molar-refractivity contribution in [2.24, 2.45) is 0 Å². The third-order valence-corrected chi connectivity index (χ3v) is 4.08. The third kappa shape index (κ3) is 2.48. The van der Waals surface area contributed by atoms with E-state index in [1.165, 1.54) is 0 Å². The van der Waals surface area contributed by atoms with Crippen LogP contribution in [0.5, 0.6) is 5.75 Å². The van der Waals surface area contributed by atoms with Crippen molar-refractivity contribution in [3.8, 4) is 5.75 Å². The van der Waals surface area contributed by atoms with Crippen LogP contribution >= 0.6 is 0 Å². The molecule has 0 saturated heterocycles. The molecule has 1 unspecified atom stereocenters. The Morgan fingerprint density at radius 2 is 1.61 bits per heavy atom. The molecule has 0 heterocycles. The van der Waals surface area contributed by atoms with Gasteiger partial charge in [-0.3, -0.25) is 9.59 Å². The van der Waals surface area contributed by atoms with Crippen molar-refractivity contribution in [1.82, 2.24) is 0 Å². The first-order valence-corrected chi connectivity index (χ1v) is 7.66. The maximum absolute atomic E-state index is 12.8. The number of hydrogen-bond donors (Lipinski definition) is 0. The lowest BCUT2D eigenvalue weighted by Crippen LogP contribution is -2.22. The number of ketones is 2. The van der Waals surface area contributed by atoms with E-state index in [0.717, 1.165) is 0 Å². The van der Waals surface area contributed by atoms with E-state index in [0.29, 0.717) is 33.6 Å². The molecular weight excluding hydrogens is 288 g/mol. The van der Waals surface area contributed by atoms with E-state index in [2.05, 4.69) is 0 Å². The summed E-state index contributed by atoms with van der Waals surface area (Å²) in [4.78, 5) is 25.5. The molecule has 0 amide bonds. The van der Waals surface area contributed by atoms with Gasteiger partial charge >= 0.3 is 0 Å². The van der Waals surface area contributed by atoms with Crippen molar-refractivity contribution in [2.45, 2.75) is 26.9 Å². The average molecular weight is 306 g/mol. The Balaban J connectivity index is 2.11. The zero-order valence-electron chi connectivity index (χ0n) is 13.4. The average Bonchev–Trinajstić information content (AvgIpc) is 2.54. The van der Waals surface area contributed by atoms with Gasteiger partial charge < -0.3 is 4.74 Å². The Hall–Kier alpha value is -2.68. The van der Waals surface area contributed by atoms with Crippen LogP contribution in [-0.2, 0) is 0 Å². The van der Waals surface area contributed by atoms with Crippen molar-refractivity contribution in [1.29, 1.82) is 0 Å². The Morgan fingerprint density at radius 3 is 2.26 bits per heavy atom. The fourth-order valence-electron chi connectivity index (χ4n) is 2.97. The minimum atomic E-state index is -0.114. The molecule has 0 saturated carbocycles. The summed E-state index contributed by atoms with van der Waals surface area (Å²) in [5.41, 5.74) is 2.56. The predicted octanol–water partition coefficient (Wildman–Crippen LogP) is 4.11. The van der Waals surface area contributed by atoms with E-state index >= 15 is 0 Å². The summed E-state index contributed by atoms with van der Waals surface area (Å²) in [6.45, 7) is 5.69. The lowest BCUT2D eigenvalue weighted by Gasteiger charge is -2.22. The van der Waals surface area contributed by atoms with Crippen molar-refractivity contribution < 1.29 is 14.3 Å². The van der Waals surface area contributed by atoms with Crippen LogP contribution in [0.15, 0.2) is 48.6 Å². The molecule has 3 nitrogen and oxygen atoms in total. The van der Waals surface area contributed by atoms with E-state index in [9.17, 15) is 9.59 Å². The highest BCUT2D eigenvalue weighted by Crippen LogP contribution is 2.33. The molecule has 3 rings (SSSR count). The summed E-state index contributed by atoms with van der Waals surface area (Å²) >= 11 is 0. The summed E-state index contributed by atoms with van der Waals surface area (Å²) in [7, 11) is 0.